The van der Waals surface area contributed by atoms with Gasteiger partial charge in [-0.15, -0.1) is 11.3 Å². The van der Waals surface area contributed by atoms with E-state index in [0.29, 0.717) is 10.2 Å². The molecule has 0 fully saturated rings. The van der Waals surface area contributed by atoms with Crippen molar-refractivity contribution in [2.24, 2.45) is 0 Å². The van der Waals surface area contributed by atoms with E-state index >= 15 is 0 Å². The maximum atomic E-state index is 11.9. The summed E-state index contributed by atoms with van der Waals surface area (Å²) < 4.78 is 9.74. The first-order valence-corrected chi connectivity index (χ1v) is 8.83. The van der Waals surface area contributed by atoms with Crippen LogP contribution < -0.4 is 5.32 Å². The van der Waals surface area contributed by atoms with Crippen molar-refractivity contribution in [3.63, 3.8) is 0 Å². The fourth-order valence-corrected chi connectivity index (χ4v) is 2.66. The molecule has 0 saturated heterocycles. The topological polar surface area (TPSA) is 77.5 Å². The number of hydrogen-bond donors (Lipinski definition) is 1. The van der Waals surface area contributed by atoms with Crippen LogP contribution in [0.5, 0.6) is 0 Å². The molecule has 1 aromatic carbocycles. The second-order valence-corrected chi connectivity index (χ2v) is 5.98. The summed E-state index contributed by atoms with van der Waals surface area (Å²) in [5.41, 5.74) is 1.45. The number of halogens is 1. The van der Waals surface area contributed by atoms with Crippen LogP contribution in [-0.2, 0) is 19.1 Å². The minimum absolute atomic E-state index is 0.160. The lowest BCUT2D eigenvalue weighted by atomic mass is 10.2. The Bertz CT molecular complexity index is 751. The Morgan fingerprint density at radius 1 is 1.16 bits per heavy atom. The molecule has 25 heavy (non-hydrogen) atoms. The molecule has 132 valence electrons. The maximum Gasteiger partial charge on any atom is 0.347 e. The van der Waals surface area contributed by atoms with Gasteiger partial charge in [0.05, 0.1) is 18.9 Å². The summed E-state index contributed by atoms with van der Waals surface area (Å²) in [5, 5.41) is 5.87. The molecule has 0 saturated carbocycles. The largest absolute Gasteiger partial charge is 0.462 e. The third-order valence-electron chi connectivity index (χ3n) is 2.97. The fraction of sp³-hybridized carbons (Fsp3) is 0.235. The molecule has 0 spiro atoms. The maximum absolute atomic E-state index is 11.9. The fourth-order valence-electron chi connectivity index (χ4n) is 1.85. The summed E-state index contributed by atoms with van der Waals surface area (Å²) in [6, 6.07) is 7.28. The standard InChI is InChI=1S/C17H17ClN2O4S/c1-3-23-15(21)13(16(22)24-4-2)9-19-17-20-14(10-25-17)11-5-7-12(18)8-6-11/h5-10H,3-4H2,1-2H3,(H,19,20). The van der Waals surface area contributed by atoms with E-state index in [9.17, 15) is 9.59 Å². The zero-order valence-electron chi connectivity index (χ0n) is 13.7. The molecule has 1 N–H and O–H groups in total. The molecular weight excluding hydrogens is 364 g/mol. The van der Waals surface area contributed by atoms with E-state index in [0.717, 1.165) is 11.3 Å². The molecule has 0 aliphatic heterocycles. The first-order valence-electron chi connectivity index (χ1n) is 7.57. The highest BCUT2D eigenvalue weighted by atomic mass is 35.5. The molecule has 0 bridgehead atoms. The van der Waals surface area contributed by atoms with E-state index in [1.165, 1.54) is 17.5 Å². The van der Waals surface area contributed by atoms with Crippen molar-refractivity contribution < 1.29 is 19.1 Å². The third-order valence-corrected chi connectivity index (χ3v) is 4.00. The average Bonchev–Trinajstić information content (AvgIpc) is 3.05. The Hall–Kier alpha value is -2.38. The van der Waals surface area contributed by atoms with Gasteiger partial charge < -0.3 is 14.8 Å². The Kier molecular flexibility index (Phi) is 6.97. The molecule has 0 unspecified atom stereocenters. The Labute approximate surface area is 154 Å². The van der Waals surface area contributed by atoms with Gasteiger partial charge in [0.15, 0.2) is 10.7 Å². The van der Waals surface area contributed by atoms with Gasteiger partial charge in [-0.3, -0.25) is 0 Å². The van der Waals surface area contributed by atoms with E-state index in [2.05, 4.69) is 10.3 Å². The van der Waals surface area contributed by atoms with E-state index in [4.69, 9.17) is 21.1 Å². The van der Waals surface area contributed by atoms with Crippen molar-refractivity contribution in [3.8, 4) is 11.3 Å². The van der Waals surface area contributed by atoms with Crippen molar-refractivity contribution in [1.82, 2.24) is 4.98 Å². The molecule has 0 amide bonds. The van der Waals surface area contributed by atoms with Crippen LogP contribution in [0.1, 0.15) is 13.8 Å². The smallest absolute Gasteiger partial charge is 0.347 e. The number of benzene rings is 1. The summed E-state index contributed by atoms with van der Waals surface area (Å²) in [7, 11) is 0. The Balaban J connectivity index is 2.15. The minimum atomic E-state index is -0.747. The van der Waals surface area contributed by atoms with Gasteiger partial charge >= 0.3 is 11.9 Å². The molecular formula is C17H17ClN2O4S. The normalized spacial score (nSPS) is 10.0. The van der Waals surface area contributed by atoms with Crippen LogP contribution in [0.15, 0.2) is 41.4 Å². The third kappa shape index (κ3) is 5.30. The minimum Gasteiger partial charge on any atom is -0.462 e. The zero-order valence-corrected chi connectivity index (χ0v) is 15.3. The number of ether oxygens (including phenoxy) is 2. The van der Waals surface area contributed by atoms with Crippen LogP contribution in [0, 0.1) is 0 Å². The molecule has 8 heteroatoms. The number of nitrogens with zero attached hydrogens (tertiary/aromatic N) is 1. The molecule has 6 nitrogen and oxygen atoms in total. The summed E-state index contributed by atoms with van der Waals surface area (Å²) in [4.78, 5) is 28.2. The van der Waals surface area contributed by atoms with Crippen molar-refractivity contribution in [2.45, 2.75) is 13.8 Å². The van der Waals surface area contributed by atoms with Crippen LogP contribution >= 0.6 is 22.9 Å². The van der Waals surface area contributed by atoms with Crippen LogP contribution in [0.2, 0.25) is 5.02 Å². The first kappa shape index (κ1) is 19.0. The number of rotatable bonds is 7. The van der Waals surface area contributed by atoms with E-state index < -0.39 is 11.9 Å². The lowest BCUT2D eigenvalue weighted by molar-refractivity contribution is -0.146. The summed E-state index contributed by atoms with van der Waals surface area (Å²) in [6.45, 7) is 3.64. The molecule has 0 aliphatic carbocycles. The van der Waals surface area contributed by atoms with Gasteiger partial charge in [0, 0.05) is 22.2 Å². The number of thiazole rings is 1. The number of nitrogens with one attached hydrogen (secondary N) is 1. The predicted molar refractivity (Wildman–Crippen MR) is 97.5 cm³/mol. The number of hydrogen-bond acceptors (Lipinski definition) is 7. The molecule has 0 radical (unpaired) electrons. The quantitative estimate of drug-likeness (QED) is 0.340. The van der Waals surface area contributed by atoms with Crippen molar-refractivity contribution in [1.29, 1.82) is 0 Å². The molecule has 0 atom stereocenters. The Morgan fingerprint density at radius 3 is 2.32 bits per heavy atom. The van der Waals surface area contributed by atoms with Crippen LogP contribution in [0.3, 0.4) is 0 Å². The number of esters is 2. The zero-order chi connectivity index (χ0) is 18.2. The van der Waals surface area contributed by atoms with Crippen molar-refractivity contribution >= 4 is 40.0 Å². The molecule has 2 aromatic rings. The van der Waals surface area contributed by atoms with Crippen LogP contribution in [0.25, 0.3) is 11.3 Å². The molecule has 1 aromatic heterocycles. The first-order chi connectivity index (χ1) is 12.0. The lowest BCUT2D eigenvalue weighted by Crippen LogP contribution is -2.19. The second kappa shape index (κ2) is 9.19. The highest BCUT2D eigenvalue weighted by Crippen LogP contribution is 2.26. The van der Waals surface area contributed by atoms with E-state index in [-0.39, 0.29) is 18.8 Å². The number of carbonyl (C=O) groups is 2. The monoisotopic (exact) mass is 380 g/mol. The van der Waals surface area contributed by atoms with E-state index in [1.807, 2.05) is 17.5 Å². The predicted octanol–water partition coefficient (Wildman–Crippen LogP) is 3.89. The van der Waals surface area contributed by atoms with Gasteiger partial charge in [-0.1, -0.05) is 23.7 Å². The average molecular weight is 381 g/mol. The summed E-state index contributed by atoms with van der Waals surface area (Å²) in [6.07, 6.45) is 1.25. The highest BCUT2D eigenvalue weighted by Gasteiger charge is 2.21. The summed E-state index contributed by atoms with van der Waals surface area (Å²) in [5.74, 6) is -1.49. The molecule has 1 heterocycles. The lowest BCUT2D eigenvalue weighted by Gasteiger charge is -2.06. The molecule has 0 aliphatic rings. The van der Waals surface area contributed by atoms with Crippen LogP contribution in [-0.4, -0.2) is 30.1 Å². The highest BCUT2D eigenvalue weighted by molar-refractivity contribution is 7.14. The van der Waals surface area contributed by atoms with E-state index in [1.54, 1.807) is 26.0 Å². The van der Waals surface area contributed by atoms with Gasteiger partial charge in [-0.05, 0) is 26.0 Å². The SMILES string of the molecule is CCOC(=O)C(=CNc1nc(-c2ccc(Cl)cc2)cs1)C(=O)OCC. The summed E-state index contributed by atoms with van der Waals surface area (Å²) >= 11 is 7.21. The van der Waals surface area contributed by atoms with Gasteiger partial charge in [-0.2, -0.15) is 0 Å². The van der Waals surface area contributed by atoms with Gasteiger partial charge in [0.2, 0.25) is 0 Å². The van der Waals surface area contributed by atoms with Gasteiger partial charge in [0.1, 0.15) is 0 Å². The number of carbonyl (C=O) groups excluding carboxylic acids is 2. The van der Waals surface area contributed by atoms with Crippen molar-refractivity contribution in [3.05, 3.63) is 46.4 Å². The van der Waals surface area contributed by atoms with Crippen LogP contribution in [0.4, 0.5) is 5.13 Å². The Morgan fingerprint density at radius 2 is 1.76 bits per heavy atom. The van der Waals surface area contributed by atoms with Gasteiger partial charge in [0.25, 0.3) is 0 Å². The van der Waals surface area contributed by atoms with Crippen molar-refractivity contribution in [2.75, 3.05) is 18.5 Å². The second-order valence-electron chi connectivity index (χ2n) is 4.69. The molecule has 2 rings (SSSR count). The number of aromatic nitrogens is 1. The number of anilines is 1. The van der Waals surface area contributed by atoms with Gasteiger partial charge in [-0.25, -0.2) is 14.6 Å².